The van der Waals surface area contributed by atoms with Gasteiger partial charge in [0.05, 0.1) is 17.2 Å². The third-order valence-electron chi connectivity index (χ3n) is 3.82. The molecule has 0 unspecified atom stereocenters. The number of benzene rings is 1. The maximum Gasteiger partial charge on any atom is 0.255 e. The van der Waals surface area contributed by atoms with Gasteiger partial charge in [0.15, 0.2) is 0 Å². The van der Waals surface area contributed by atoms with Crippen molar-refractivity contribution in [3.8, 4) is 6.07 Å². The summed E-state index contributed by atoms with van der Waals surface area (Å²) in [5.41, 5.74) is 2.32. The summed E-state index contributed by atoms with van der Waals surface area (Å²) in [6.45, 7) is 2.87. The molecule has 1 saturated heterocycles. The van der Waals surface area contributed by atoms with E-state index in [1.54, 1.807) is 30.6 Å². The molecule has 1 amide bonds. The maximum atomic E-state index is 12.4. The summed E-state index contributed by atoms with van der Waals surface area (Å²) < 4.78 is 0. The van der Waals surface area contributed by atoms with Crippen molar-refractivity contribution in [3.63, 3.8) is 0 Å². The number of rotatable bonds is 2. The fraction of sp³-hybridized carbons (Fsp3) is 0.235. The molecule has 1 fully saturated rings. The van der Waals surface area contributed by atoms with E-state index in [0.717, 1.165) is 18.8 Å². The Labute approximate surface area is 129 Å². The summed E-state index contributed by atoms with van der Waals surface area (Å²) in [7, 11) is 0. The first-order valence-corrected chi connectivity index (χ1v) is 7.22. The molecule has 0 atom stereocenters. The van der Waals surface area contributed by atoms with E-state index in [2.05, 4.69) is 16.0 Å². The summed E-state index contributed by atoms with van der Waals surface area (Å²) in [6, 6.07) is 13.3. The lowest BCUT2D eigenvalue weighted by atomic mass is 10.1. The maximum absolute atomic E-state index is 12.4. The molecule has 3 rings (SSSR count). The number of aromatic nitrogens is 1. The highest BCUT2D eigenvalue weighted by Gasteiger charge is 2.22. The van der Waals surface area contributed by atoms with Crippen LogP contribution in [0.15, 0.2) is 48.8 Å². The van der Waals surface area contributed by atoms with Gasteiger partial charge in [-0.3, -0.25) is 9.78 Å². The van der Waals surface area contributed by atoms with Crippen LogP contribution in [0.4, 0.5) is 5.69 Å². The monoisotopic (exact) mass is 292 g/mol. The standard InChI is InChI=1S/C17H16N4O/c18-12-14-3-1-5-16(11-14)20-7-9-21(10-8-20)17(22)15-4-2-6-19-13-15/h1-6,11,13H,7-10H2. The van der Waals surface area contributed by atoms with Crippen LogP contribution in [0.3, 0.4) is 0 Å². The van der Waals surface area contributed by atoms with Crippen LogP contribution in [0.2, 0.25) is 0 Å². The van der Waals surface area contributed by atoms with E-state index in [0.29, 0.717) is 24.2 Å². The van der Waals surface area contributed by atoms with E-state index >= 15 is 0 Å². The number of amides is 1. The molecule has 0 N–H and O–H groups in total. The average molecular weight is 292 g/mol. The second-order valence-electron chi connectivity index (χ2n) is 5.18. The first-order chi connectivity index (χ1) is 10.8. The van der Waals surface area contributed by atoms with Gasteiger partial charge in [-0.1, -0.05) is 6.07 Å². The van der Waals surface area contributed by atoms with Crippen LogP contribution < -0.4 is 4.90 Å². The van der Waals surface area contributed by atoms with Crippen molar-refractivity contribution in [1.82, 2.24) is 9.88 Å². The Bertz CT molecular complexity index is 700. The summed E-state index contributed by atoms with van der Waals surface area (Å²) in [6.07, 6.45) is 3.27. The van der Waals surface area contributed by atoms with Gasteiger partial charge in [0.2, 0.25) is 0 Å². The van der Waals surface area contributed by atoms with Crippen molar-refractivity contribution in [1.29, 1.82) is 5.26 Å². The van der Waals surface area contributed by atoms with E-state index in [4.69, 9.17) is 5.26 Å². The van der Waals surface area contributed by atoms with Gasteiger partial charge in [-0.2, -0.15) is 5.26 Å². The number of hydrogen-bond donors (Lipinski definition) is 0. The molecule has 1 aromatic heterocycles. The number of carbonyl (C=O) groups excluding carboxylic acids is 1. The van der Waals surface area contributed by atoms with Gasteiger partial charge >= 0.3 is 0 Å². The molecule has 5 nitrogen and oxygen atoms in total. The predicted octanol–water partition coefficient (Wildman–Crippen LogP) is 1.92. The quantitative estimate of drug-likeness (QED) is 0.848. The summed E-state index contributed by atoms with van der Waals surface area (Å²) >= 11 is 0. The van der Waals surface area contributed by atoms with Gasteiger partial charge in [0.25, 0.3) is 5.91 Å². The molecule has 5 heteroatoms. The van der Waals surface area contributed by atoms with Gasteiger partial charge in [0, 0.05) is 44.3 Å². The molecule has 2 heterocycles. The van der Waals surface area contributed by atoms with Crippen molar-refractivity contribution in [2.24, 2.45) is 0 Å². The normalized spacial score (nSPS) is 14.5. The zero-order chi connectivity index (χ0) is 15.4. The van der Waals surface area contributed by atoms with E-state index in [1.165, 1.54) is 0 Å². The zero-order valence-electron chi connectivity index (χ0n) is 12.1. The second kappa shape index (κ2) is 6.27. The Kier molecular flexibility index (Phi) is 4.01. The Morgan fingerprint density at radius 2 is 1.95 bits per heavy atom. The highest BCUT2D eigenvalue weighted by molar-refractivity contribution is 5.94. The van der Waals surface area contributed by atoms with Crippen molar-refractivity contribution >= 4 is 11.6 Å². The van der Waals surface area contributed by atoms with Crippen LogP contribution >= 0.6 is 0 Å². The van der Waals surface area contributed by atoms with Crippen LogP contribution in [-0.4, -0.2) is 42.0 Å². The fourth-order valence-electron chi connectivity index (χ4n) is 2.61. The molecule has 0 aliphatic carbocycles. The Morgan fingerprint density at radius 3 is 2.64 bits per heavy atom. The summed E-state index contributed by atoms with van der Waals surface area (Å²) in [4.78, 5) is 20.4. The molecule has 110 valence electrons. The minimum atomic E-state index is 0.0264. The summed E-state index contributed by atoms with van der Waals surface area (Å²) in [5, 5.41) is 8.97. The number of nitriles is 1. The van der Waals surface area contributed by atoms with Crippen molar-refractivity contribution in [2.45, 2.75) is 0 Å². The Morgan fingerprint density at radius 1 is 1.14 bits per heavy atom. The molecule has 0 saturated carbocycles. The van der Waals surface area contributed by atoms with Gasteiger partial charge in [-0.05, 0) is 30.3 Å². The molecule has 1 aromatic carbocycles. The Balaban J connectivity index is 1.65. The molecule has 2 aromatic rings. The van der Waals surface area contributed by atoms with E-state index in [1.807, 2.05) is 23.1 Å². The van der Waals surface area contributed by atoms with Crippen LogP contribution in [0.1, 0.15) is 15.9 Å². The molecular weight excluding hydrogens is 276 g/mol. The highest BCUT2D eigenvalue weighted by Crippen LogP contribution is 2.18. The minimum absolute atomic E-state index is 0.0264. The molecule has 0 radical (unpaired) electrons. The molecule has 1 aliphatic rings. The minimum Gasteiger partial charge on any atom is -0.368 e. The third-order valence-corrected chi connectivity index (χ3v) is 3.82. The van der Waals surface area contributed by atoms with Gasteiger partial charge in [0.1, 0.15) is 0 Å². The topological polar surface area (TPSA) is 60.2 Å². The first kappa shape index (κ1) is 14.1. The van der Waals surface area contributed by atoms with Gasteiger partial charge < -0.3 is 9.80 Å². The highest BCUT2D eigenvalue weighted by atomic mass is 16.2. The SMILES string of the molecule is N#Cc1cccc(N2CCN(C(=O)c3cccnc3)CC2)c1. The third kappa shape index (κ3) is 2.91. The van der Waals surface area contributed by atoms with E-state index in [-0.39, 0.29) is 5.91 Å². The van der Waals surface area contributed by atoms with Crippen LogP contribution in [0.5, 0.6) is 0 Å². The van der Waals surface area contributed by atoms with Crippen molar-refractivity contribution in [3.05, 3.63) is 59.9 Å². The van der Waals surface area contributed by atoms with Crippen molar-refractivity contribution < 1.29 is 4.79 Å². The number of hydrogen-bond acceptors (Lipinski definition) is 4. The van der Waals surface area contributed by atoms with Crippen LogP contribution in [-0.2, 0) is 0 Å². The number of nitrogens with zero attached hydrogens (tertiary/aromatic N) is 4. The number of carbonyl (C=O) groups is 1. The lowest BCUT2D eigenvalue weighted by molar-refractivity contribution is 0.0746. The second-order valence-corrected chi connectivity index (χ2v) is 5.18. The molecular formula is C17H16N4O. The first-order valence-electron chi connectivity index (χ1n) is 7.22. The van der Waals surface area contributed by atoms with Crippen LogP contribution in [0.25, 0.3) is 0 Å². The number of pyridine rings is 1. The Hall–Kier alpha value is -2.87. The van der Waals surface area contributed by atoms with E-state index < -0.39 is 0 Å². The molecule has 1 aliphatic heterocycles. The van der Waals surface area contributed by atoms with Crippen LogP contribution in [0, 0.1) is 11.3 Å². The molecule has 0 bridgehead atoms. The van der Waals surface area contributed by atoms with E-state index in [9.17, 15) is 4.79 Å². The fourth-order valence-corrected chi connectivity index (χ4v) is 2.61. The smallest absolute Gasteiger partial charge is 0.255 e. The predicted molar refractivity (Wildman–Crippen MR) is 83.5 cm³/mol. The largest absolute Gasteiger partial charge is 0.368 e. The zero-order valence-corrected chi connectivity index (χ0v) is 12.1. The summed E-state index contributed by atoms with van der Waals surface area (Å²) in [5.74, 6) is 0.0264. The average Bonchev–Trinajstić information content (AvgIpc) is 2.62. The lowest BCUT2D eigenvalue weighted by Crippen LogP contribution is -2.48. The number of piperazine rings is 1. The van der Waals surface area contributed by atoms with Gasteiger partial charge in [-0.15, -0.1) is 0 Å². The molecule has 0 spiro atoms. The van der Waals surface area contributed by atoms with Crippen molar-refractivity contribution in [2.75, 3.05) is 31.1 Å². The van der Waals surface area contributed by atoms with Gasteiger partial charge in [-0.25, -0.2) is 0 Å². The lowest BCUT2D eigenvalue weighted by Gasteiger charge is -2.36. The number of anilines is 1. The molecule has 22 heavy (non-hydrogen) atoms.